The molecule has 2 rings (SSSR count). The van der Waals surface area contributed by atoms with Crippen molar-refractivity contribution in [3.05, 3.63) is 83.9 Å². The summed E-state index contributed by atoms with van der Waals surface area (Å²) in [5, 5.41) is 15.6. The summed E-state index contributed by atoms with van der Waals surface area (Å²) >= 11 is 0. The van der Waals surface area contributed by atoms with Crippen molar-refractivity contribution < 1.29 is 19.8 Å². The molecule has 0 aliphatic carbocycles. The lowest BCUT2D eigenvalue weighted by molar-refractivity contribution is -0.134. The normalized spacial score (nSPS) is 10.2. The molecular weight excluding hydrogens is 280 g/mol. The average molecular weight is 296 g/mol. The summed E-state index contributed by atoms with van der Waals surface area (Å²) in [5.74, 6) is -2.51. The van der Waals surface area contributed by atoms with Gasteiger partial charge in [0.2, 0.25) is 0 Å². The number of carboxylic acid groups (broad SMARTS) is 2. The van der Waals surface area contributed by atoms with Crippen LogP contribution in [0.25, 0.3) is 12.2 Å². The third kappa shape index (κ3) is 8.12. The summed E-state index contributed by atoms with van der Waals surface area (Å²) in [6.07, 6.45) is 5.36. The standard InChI is InChI=1S/C14H12.C4H4O4/c1-3-7-13(8-4-1)11-12-14-9-5-2-6-10-14;5-3(6)1-2-4(7)8/h1-12H;1-2H,(H,5,6)(H,7,8)/b12-11+;2-1-. The molecular formula is C18H16O4. The van der Waals surface area contributed by atoms with Crippen LogP contribution in [0.3, 0.4) is 0 Å². The topological polar surface area (TPSA) is 74.6 Å². The first kappa shape index (κ1) is 16.9. The number of hydrogen-bond donors (Lipinski definition) is 2. The molecule has 0 fully saturated rings. The summed E-state index contributed by atoms with van der Waals surface area (Å²) in [6.45, 7) is 0. The second kappa shape index (κ2) is 9.72. The second-order valence-corrected chi connectivity index (χ2v) is 4.16. The minimum Gasteiger partial charge on any atom is -0.478 e. The van der Waals surface area contributed by atoms with E-state index in [-0.39, 0.29) is 0 Å². The van der Waals surface area contributed by atoms with Crippen LogP contribution in [0.2, 0.25) is 0 Å². The van der Waals surface area contributed by atoms with Gasteiger partial charge in [-0.05, 0) is 11.1 Å². The summed E-state index contributed by atoms with van der Waals surface area (Å²) < 4.78 is 0. The van der Waals surface area contributed by atoms with E-state index < -0.39 is 11.9 Å². The van der Waals surface area contributed by atoms with Gasteiger partial charge in [0.1, 0.15) is 0 Å². The Morgan fingerprint density at radius 2 is 0.955 bits per heavy atom. The Kier molecular flexibility index (Phi) is 7.47. The summed E-state index contributed by atoms with van der Waals surface area (Å²) in [6, 6.07) is 20.6. The lowest BCUT2D eigenvalue weighted by atomic mass is 10.1. The highest BCUT2D eigenvalue weighted by molar-refractivity contribution is 5.89. The molecule has 22 heavy (non-hydrogen) atoms. The minimum absolute atomic E-state index is 0.558. The fourth-order valence-corrected chi connectivity index (χ4v) is 1.46. The lowest BCUT2D eigenvalue weighted by Gasteiger charge is -1.92. The van der Waals surface area contributed by atoms with Gasteiger partial charge in [-0.25, -0.2) is 9.59 Å². The fourth-order valence-electron chi connectivity index (χ4n) is 1.46. The predicted molar refractivity (Wildman–Crippen MR) is 86.2 cm³/mol. The quantitative estimate of drug-likeness (QED) is 0.668. The number of rotatable bonds is 4. The molecule has 2 aromatic rings. The van der Waals surface area contributed by atoms with Crippen LogP contribution in [0.1, 0.15) is 11.1 Å². The zero-order valence-corrected chi connectivity index (χ0v) is 11.8. The molecule has 0 saturated carbocycles. The van der Waals surface area contributed by atoms with Gasteiger partial charge in [-0.2, -0.15) is 0 Å². The monoisotopic (exact) mass is 296 g/mol. The predicted octanol–water partition coefficient (Wildman–Crippen LogP) is 3.57. The smallest absolute Gasteiger partial charge is 0.328 e. The molecule has 4 nitrogen and oxygen atoms in total. The molecule has 0 saturated heterocycles. The molecule has 0 aromatic heterocycles. The van der Waals surface area contributed by atoms with E-state index in [2.05, 4.69) is 36.4 Å². The van der Waals surface area contributed by atoms with Gasteiger partial charge < -0.3 is 10.2 Å². The first-order valence-electron chi connectivity index (χ1n) is 6.50. The van der Waals surface area contributed by atoms with Crippen LogP contribution in [0.15, 0.2) is 72.8 Å². The Bertz CT molecular complexity index is 586. The molecule has 2 aromatic carbocycles. The molecule has 0 unspecified atom stereocenters. The van der Waals surface area contributed by atoms with E-state index in [0.29, 0.717) is 12.2 Å². The highest BCUT2D eigenvalue weighted by Gasteiger charge is 1.88. The van der Waals surface area contributed by atoms with E-state index >= 15 is 0 Å². The van der Waals surface area contributed by atoms with Gasteiger partial charge >= 0.3 is 11.9 Å². The largest absolute Gasteiger partial charge is 0.478 e. The Morgan fingerprint density at radius 3 is 1.23 bits per heavy atom. The lowest BCUT2D eigenvalue weighted by Crippen LogP contribution is -1.91. The van der Waals surface area contributed by atoms with Gasteiger partial charge in [0, 0.05) is 12.2 Å². The number of carbonyl (C=O) groups is 2. The Balaban J connectivity index is 0.000000261. The number of carboxylic acids is 2. The number of aliphatic carboxylic acids is 2. The summed E-state index contributed by atoms with van der Waals surface area (Å²) in [7, 11) is 0. The van der Waals surface area contributed by atoms with Crippen molar-refractivity contribution in [2.45, 2.75) is 0 Å². The van der Waals surface area contributed by atoms with E-state index in [9.17, 15) is 9.59 Å². The number of hydrogen-bond acceptors (Lipinski definition) is 2. The van der Waals surface area contributed by atoms with Crippen molar-refractivity contribution in [2.24, 2.45) is 0 Å². The Labute approximate surface area is 128 Å². The summed E-state index contributed by atoms with van der Waals surface area (Å²) in [4.78, 5) is 19.1. The van der Waals surface area contributed by atoms with Crippen LogP contribution >= 0.6 is 0 Å². The molecule has 4 heteroatoms. The minimum atomic E-state index is -1.26. The highest BCUT2D eigenvalue weighted by atomic mass is 16.4. The van der Waals surface area contributed by atoms with Crippen LogP contribution in [-0.4, -0.2) is 22.2 Å². The van der Waals surface area contributed by atoms with Gasteiger partial charge in [-0.1, -0.05) is 72.8 Å². The molecule has 0 atom stereocenters. The van der Waals surface area contributed by atoms with Crippen molar-refractivity contribution >= 4 is 24.1 Å². The highest BCUT2D eigenvalue weighted by Crippen LogP contribution is 2.06. The van der Waals surface area contributed by atoms with Crippen molar-refractivity contribution in [1.82, 2.24) is 0 Å². The molecule has 112 valence electrons. The van der Waals surface area contributed by atoms with Crippen molar-refractivity contribution in [2.75, 3.05) is 0 Å². The van der Waals surface area contributed by atoms with Crippen LogP contribution in [-0.2, 0) is 9.59 Å². The van der Waals surface area contributed by atoms with Crippen LogP contribution in [0, 0.1) is 0 Å². The van der Waals surface area contributed by atoms with Crippen molar-refractivity contribution in [1.29, 1.82) is 0 Å². The van der Waals surface area contributed by atoms with E-state index in [1.54, 1.807) is 0 Å². The van der Waals surface area contributed by atoms with Gasteiger partial charge in [-0.3, -0.25) is 0 Å². The van der Waals surface area contributed by atoms with E-state index in [0.717, 1.165) is 0 Å². The second-order valence-electron chi connectivity index (χ2n) is 4.16. The molecule has 2 N–H and O–H groups in total. The van der Waals surface area contributed by atoms with Crippen LogP contribution < -0.4 is 0 Å². The third-order valence-corrected chi connectivity index (χ3v) is 2.44. The zero-order valence-electron chi connectivity index (χ0n) is 11.8. The van der Waals surface area contributed by atoms with Crippen molar-refractivity contribution in [3.8, 4) is 0 Å². The van der Waals surface area contributed by atoms with Crippen LogP contribution in [0.4, 0.5) is 0 Å². The Morgan fingerprint density at radius 1 is 0.636 bits per heavy atom. The molecule has 0 heterocycles. The maximum atomic E-state index is 9.55. The third-order valence-electron chi connectivity index (χ3n) is 2.44. The fraction of sp³-hybridized carbons (Fsp3) is 0. The maximum absolute atomic E-state index is 9.55. The number of benzene rings is 2. The summed E-state index contributed by atoms with van der Waals surface area (Å²) in [5.41, 5.74) is 2.47. The van der Waals surface area contributed by atoms with E-state index in [1.165, 1.54) is 11.1 Å². The van der Waals surface area contributed by atoms with Gasteiger partial charge in [0.05, 0.1) is 0 Å². The average Bonchev–Trinajstić information content (AvgIpc) is 2.54. The SMILES string of the molecule is C(=C\c1ccccc1)/c1ccccc1.O=C(O)/C=C\C(=O)O. The first-order valence-corrected chi connectivity index (χ1v) is 6.50. The van der Waals surface area contributed by atoms with Crippen molar-refractivity contribution in [3.63, 3.8) is 0 Å². The first-order chi connectivity index (χ1) is 10.6. The van der Waals surface area contributed by atoms with Crippen LogP contribution in [0.5, 0.6) is 0 Å². The molecule has 0 radical (unpaired) electrons. The van der Waals surface area contributed by atoms with Gasteiger partial charge in [0.15, 0.2) is 0 Å². The molecule has 0 aliphatic heterocycles. The zero-order chi connectivity index (χ0) is 16.2. The molecule has 0 amide bonds. The van der Waals surface area contributed by atoms with E-state index in [4.69, 9.17) is 10.2 Å². The maximum Gasteiger partial charge on any atom is 0.328 e. The molecule has 0 spiro atoms. The Hall–Kier alpha value is -3.14. The molecule has 0 aliphatic rings. The van der Waals surface area contributed by atoms with Gasteiger partial charge in [0.25, 0.3) is 0 Å². The molecule has 0 bridgehead atoms. The van der Waals surface area contributed by atoms with E-state index in [1.807, 2.05) is 36.4 Å². The van der Waals surface area contributed by atoms with Gasteiger partial charge in [-0.15, -0.1) is 0 Å².